The maximum Gasteiger partial charge on any atom is 0.494 e. The van der Waals surface area contributed by atoms with E-state index in [0.717, 1.165) is 50.3 Å². The molecule has 36 heavy (non-hydrogen) atoms. The van der Waals surface area contributed by atoms with Crippen LogP contribution in [-0.2, 0) is 20.1 Å². The van der Waals surface area contributed by atoms with Gasteiger partial charge in [0.15, 0.2) is 12.7 Å². The average Bonchev–Trinajstić information content (AvgIpc) is 3.48. The van der Waals surface area contributed by atoms with E-state index in [0.29, 0.717) is 0 Å². The van der Waals surface area contributed by atoms with Crippen molar-refractivity contribution in [3.05, 3.63) is 121 Å². The van der Waals surface area contributed by atoms with Gasteiger partial charge in [-0.3, -0.25) is 0 Å². The van der Waals surface area contributed by atoms with Crippen molar-refractivity contribution in [1.29, 1.82) is 0 Å². The maximum absolute atomic E-state index is 6.11. The van der Waals surface area contributed by atoms with Gasteiger partial charge >= 0.3 is 6.01 Å². The molecule has 4 nitrogen and oxygen atoms in total. The van der Waals surface area contributed by atoms with Crippen LogP contribution in [0.3, 0.4) is 0 Å². The molecular weight excluding hydrogens is 623 g/mol. The van der Waals surface area contributed by atoms with Crippen molar-refractivity contribution >= 4 is 45.0 Å². The first-order chi connectivity index (χ1) is 17.3. The molecule has 3 heterocycles. The van der Waals surface area contributed by atoms with Gasteiger partial charge in [0, 0.05) is 43.8 Å². The Bertz CT molecular complexity index is 1700. The summed E-state index contributed by atoms with van der Waals surface area (Å²) >= 11 is 0. The van der Waals surface area contributed by atoms with Crippen molar-refractivity contribution in [3.63, 3.8) is 0 Å². The molecule has 1 aliphatic heterocycles. The molecule has 0 spiro atoms. The Morgan fingerprint density at radius 3 is 2.33 bits per heavy atom. The number of pyridine rings is 1. The van der Waals surface area contributed by atoms with Gasteiger partial charge in [-0.1, -0.05) is 57.0 Å². The predicted octanol–water partition coefficient (Wildman–Crippen LogP) is 7.23. The molecule has 0 N–H and O–H groups in total. The molecule has 0 saturated carbocycles. The van der Waals surface area contributed by atoms with Gasteiger partial charge in [-0.2, -0.15) is 12.1 Å². The third kappa shape index (κ3) is 4.32. The summed E-state index contributed by atoms with van der Waals surface area (Å²) < 4.78 is 10.1. The van der Waals surface area contributed by atoms with Crippen molar-refractivity contribution < 1.29 is 29.1 Å². The van der Waals surface area contributed by atoms with Crippen LogP contribution in [0.25, 0.3) is 33.2 Å². The van der Waals surface area contributed by atoms with E-state index in [4.69, 9.17) is 4.42 Å². The molecule has 0 amide bonds. The molecule has 4 aromatic carbocycles. The van der Waals surface area contributed by atoms with E-state index in [2.05, 4.69) is 47.4 Å². The zero-order valence-corrected chi connectivity index (χ0v) is 21.9. The molecule has 0 atom stereocenters. The van der Waals surface area contributed by atoms with Crippen LogP contribution in [0.2, 0.25) is 0 Å². The predicted molar refractivity (Wildman–Crippen MR) is 140 cm³/mol. The first-order valence-electron chi connectivity index (χ1n) is 11.4. The van der Waals surface area contributed by atoms with Crippen LogP contribution in [0.5, 0.6) is 0 Å². The fourth-order valence-corrected chi connectivity index (χ4v) is 4.28. The van der Waals surface area contributed by atoms with Gasteiger partial charge in [0.05, 0.1) is 5.58 Å². The Morgan fingerprint density at radius 2 is 1.53 bits per heavy atom. The topological polar surface area (TPSA) is 32.0 Å². The van der Waals surface area contributed by atoms with Crippen LogP contribution in [0, 0.1) is 12.1 Å². The minimum Gasteiger partial charge on any atom is -0.509 e. The van der Waals surface area contributed by atoms with Crippen molar-refractivity contribution in [2.45, 2.75) is 0 Å². The second-order valence-corrected chi connectivity index (χ2v) is 8.14. The van der Waals surface area contributed by atoms with Crippen molar-refractivity contribution in [3.8, 4) is 11.3 Å². The summed E-state index contributed by atoms with van der Waals surface area (Å²) in [5.74, 6) is 0. The summed E-state index contributed by atoms with van der Waals surface area (Å²) in [5.41, 5.74) is 6.83. The quantitative estimate of drug-likeness (QED) is 0.147. The zero-order valence-electron chi connectivity index (χ0n) is 19.5. The number of para-hydroxylation sites is 3. The summed E-state index contributed by atoms with van der Waals surface area (Å²) in [4.78, 5) is 4.22. The Balaban J connectivity index is 0.000000175. The number of furan rings is 1. The van der Waals surface area contributed by atoms with Crippen LogP contribution >= 0.6 is 0 Å². The first kappa shape index (κ1) is 23.6. The molecule has 2 aromatic heterocycles. The molecule has 6 aromatic rings. The summed E-state index contributed by atoms with van der Waals surface area (Å²) in [6, 6.07) is 43.8. The largest absolute Gasteiger partial charge is 0.509 e. The van der Waals surface area contributed by atoms with Gasteiger partial charge in [-0.15, -0.1) is 42.0 Å². The van der Waals surface area contributed by atoms with Gasteiger partial charge in [-0.05, 0) is 17.8 Å². The molecule has 1 radical (unpaired) electrons. The number of hydrogen-bond acceptors (Lipinski definition) is 2. The number of fused-ring (bicyclic) bond motifs is 4. The van der Waals surface area contributed by atoms with Gasteiger partial charge in [-0.25, -0.2) is 0 Å². The number of rotatable bonds is 2. The van der Waals surface area contributed by atoms with Crippen LogP contribution in [-0.4, -0.2) is 22.6 Å². The summed E-state index contributed by atoms with van der Waals surface area (Å²) in [6.45, 7) is 0. The van der Waals surface area contributed by atoms with Gasteiger partial charge in [0.1, 0.15) is 5.58 Å². The second kappa shape index (κ2) is 10.2. The Hall–Kier alpha value is -4.14. The van der Waals surface area contributed by atoms with E-state index in [1.165, 1.54) is 0 Å². The molecule has 175 valence electrons. The van der Waals surface area contributed by atoms with Crippen molar-refractivity contribution in [1.82, 2.24) is 9.56 Å². The SMILES string of the molecule is C[N+]1=C=[N+](c2[c-]ccc3c2oc2ccccc23)c2ccccc21.[Ir].[c-]1ccccc1-c1ccccn1. The molecule has 0 bridgehead atoms. The van der Waals surface area contributed by atoms with E-state index >= 15 is 0 Å². The van der Waals surface area contributed by atoms with Crippen LogP contribution in [0.4, 0.5) is 17.1 Å². The molecule has 7 rings (SSSR count). The molecular formula is C31H21IrN3O. The minimum atomic E-state index is 0. The van der Waals surface area contributed by atoms with E-state index in [-0.39, 0.29) is 20.1 Å². The first-order valence-corrected chi connectivity index (χ1v) is 11.4. The molecule has 0 fully saturated rings. The van der Waals surface area contributed by atoms with Crippen LogP contribution < -0.4 is 4.58 Å². The normalized spacial score (nSPS) is 11.7. The van der Waals surface area contributed by atoms with Gasteiger partial charge in [0.2, 0.25) is 0 Å². The second-order valence-electron chi connectivity index (χ2n) is 8.14. The minimum absolute atomic E-state index is 0. The average molecular weight is 644 g/mol. The summed E-state index contributed by atoms with van der Waals surface area (Å²) in [6.07, 6.45) is 1.79. The van der Waals surface area contributed by atoms with E-state index < -0.39 is 0 Å². The van der Waals surface area contributed by atoms with Crippen LogP contribution in [0.15, 0.2) is 114 Å². The third-order valence-electron chi connectivity index (χ3n) is 5.93. The van der Waals surface area contributed by atoms with Crippen LogP contribution in [0.1, 0.15) is 0 Å². The monoisotopic (exact) mass is 644 g/mol. The Kier molecular flexibility index (Phi) is 6.70. The number of hydrogen-bond donors (Lipinski definition) is 0. The van der Waals surface area contributed by atoms with E-state index in [1.807, 2.05) is 95.1 Å². The third-order valence-corrected chi connectivity index (χ3v) is 5.93. The van der Waals surface area contributed by atoms with E-state index in [1.54, 1.807) is 6.20 Å². The van der Waals surface area contributed by atoms with Gasteiger partial charge < -0.3 is 9.40 Å². The zero-order chi connectivity index (χ0) is 23.6. The molecule has 0 aliphatic carbocycles. The number of aromatic nitrogens is 1. The fraction of sp³-hybridized carbons (Fsp3) is 0.0323. The number of benzene rings is 4. The van der Waals surface area contributed by atoms with Crippen molar-refractivity contribution in [2.75, 3.05) is 7.05 Å². The summed E-state index contributed by atoms with van der Waals surface area (Å²) in [7, 11) is 2.00. The maximum atomic E-state index is 6.11. The van der Waals surface area contributed by atoms with Crippen molar-refractivity contribution in [2.24, 2.45) is 0 Å². The Labute approximate surface area is 222 Å². The van der Waals surface area contributed by atoms with Gasteiger partial charge in [0.25, 0.3) is 11.4 Å². The standard InChI is InChI=1S/C20H13N2O.C11H8N.Ir/c1-21-13-22(17-10-4-3-9-16(17)21)18-11-6-8-15-14-7-2-5-12-19(14)23-20(15)18;1-2-6-10(7-3-1)11-8-4-5-9-12-11;/h2-10,12H,1H3;1-6,8-9H;/q+1;-1;. The Morgan fingerprint density at radius 1 is 0.750 bits per heavy atom. The molecule has 0 unspecified atom stereocenters. The molecule has 5 heteroatoms. The van der Waals surface area contributed by atoms with E-state index in [9.17, 15) is 0 Å². The molecule has 0 saturated heterocycles. The smallest absolute Gasteiger partial charge is 0.494 e. The fourth-order valence-electron chi connectivity index (χ4n) is 4.28. The molecule has 1 aliphatic rings. The summed E-state index contributed by atoms with van der Waals surface area (Å²) in [5, 5.41) is 2.22. The number of nitrogens with zero attached hydrogens (tertiary/aromatic N) is 3.